The van der Waals surface area contributed by atoms with Crippen LogP contribution >= 0.6 is 0 Å². The number of amides is 3. The van der Waals surface area contributed by atoms with Crippen molar-refractivity contribution in [2.24, 2.45) is 0 Å². The van der Waals surface area contributed by atoms with E-state index >= 15 is 0 Å². The van der Waals surface area contributed by atoms with Gasteiger partial charge in [0.25, 0.3) is 23.4 Å². The largest absolute Gasteiger partial charge is 0.493 e. The molecule has 5 rings (SSSR count). The average Bonchev–Trinajstić information content (AvgIpc) is 3.14. The van der Waals surface area contributed by atoms with Gasteiger partial charge in [-0.05, 0) is 60.9 Å². The summed E-state index contributed by atoms with van der Waals surface area (Å²) in [5.41, 5.74) is 2.35. The maximum Gasteiger partial charge on any atom is 0.282 e. The first-order chi connectivity index (χ1) is 17.7. The summed E-state index contributed by atoms with van der Waals surface area (Å²) in [6.45, 7) is 3.88. The molecule has 2 heterocycles. The van der Waals surface area contributed by atoms with Crippen LogP contribution in [0.4, 0.5) is 11.4 Å². The summed E-state index contributed by atoms with van der Waals surface area (Å²) in [6.07, 6.45) is 0. The lowest BCUT2D eigenvalue weighted by atomic mass is 9.85. The first-order valence-corrected chi connectivity index (χ1v) is 11.5. The third-order valence-corrected chi connectivity index (χ3v) is 6.98. The highest BCUT2D eigenvalue weighted by Crippen LogP contribution is 2.46. The normalized spacial score (nSPS) is 18.5. The van der Waals surface area contributed by atoms with Crippen LogP contribution in [0, 0.1) is 24.0 Å². The molecule has 0 aliphatic carbocycles. The number of aryl methyl sites for hydroxylation is 2. The van der Waals surface area contributed by atoms with Gasteiger partial charge in [0.1, 0.15) is 11.6 Å². The van der Waals surface area contributed by atoms with Crippen LogP contribution in [0.2, 0.25) is 0 Å². The van der Waals surface area contributed by atoms with Gasteiger partial charge in [-0.15, -0.1) is 0 Å². The number of carbonyl (C=O) groups is 3. The molecule has 37 heavy (non-hydrogen) atoms. The maximum absolute atomic E-state index is 13.7. The molecule has 2 aliphatic heterocycles. The maximum atomic E-state index is 13.7. The van der Waals surface area contributed by atoms with E-state index in [0.717, 1.165) is 16.0 Å². The third kappa shape index (κ3) is 3.52. The molecule has 3 aromatic carbocycles. The standard InChI is InChI=1S/C27H23N3O7/c1-14-8-10-17(12-15(14)2)28-23(16-9-11-20(36-3)21(13-16)37-4)24(27(28)33)29-25(31)18-6-5-7-19(30(34)35)22(18)26(29)32/h5-13,23-24H,1-4H3. The molecule has 0 N–H and O–H groups in total. The zero-order valence-electron chi connectivity index (χ0n) is 20.6. The van der Waals surface area contributed by atoms with Crippen molar-refractivity contribution in [2.45, 2.75) is 25.9 Å². The van der Waals surface area contributed by atoms with Gasteiger partial charge in [-0.2, -0.15) is 0 Å². The number of fused-ring (bicyclic) bond motifs is 1. The van der Waals surface area contributed by atoms with Crippen molar-refractivity contribution in [3.05, 3.63) is 92.5 Å². The molecule has 188 valence electrons. The molecule has 10 heteroatoms. The van der Waals surface area contributed by atoms with Crippen molar-refractivity contribution < 1.29 is 28.8 Å². The summed E-state index contributed by atoms with van der Waals surface area (Å²) < 4.78 is 10.8. The fraction of sp³-hybridized carbons (Fsp3) is 0.222. The molecule has 0 spiro atoms. The Morgan fingerprint density at radius 2 is 1.54 bits per heavy atom. The Bertz CT molecular complexity index is 1500. The van der Waals surface area contributed by atoms with Crippen molar-refractivity contribution >= 4 is 29.1 Å². The number of anilines is 1. The number of benzene rings is 3. The number of β-lactam (4-membered cyclic amide) rings is 1. The van der Waals surface area contributed by atoms with Crippen LogP contribution in [-0.2, 0) is 4.79 Å². The average molecular weight is 501 g/mol. The number of ether oxygens (including phenoxy) is 2. The molecule has 3 aromatic rings. The van der Waals surface area contributed by atoms with Crippen LogP contribution in [0.3, 0.4) is 0 Å². The molecule has 10 nitrogen and oxygen atoms in total. The van der Waals surface area contributed by atoms with Crippen LogP contribution in [0.25, 0.3) is 0 Å². The highest BCUT2D eigenvalue weighted by atomic mass is 16.6. The first kappa shape index (κ1) is 24.0. The number of methoxy groups -OCH3 is 2. The van der Waals surface area contributed by atoms with Gasteiger partial charge in [-0.25, -0.2) is 0 Å². The van der Waals surface area contributed by atoms with Crippen molar-refractivity contribution in [2.75, 3.05) is 19.1 Å². The summed E-state index contributed by atoms with van der Waals surface area (Å²) in [6, 6.07) is 12.6. The number of nitrogens with zero attached hydrogens (tertiary/aromatic N) is 3. The minimum absolute atomic E-state index is 0.0947. The number of rotatable bonds is 6. The Labute approximate surface area is 212 Å². The molecule has 0 aromatic heterocycles. The van der Waals surface area contributed by atoms with E-state index in [0.29, 0.717) is 22.7 Å². The molecule has 1 saturated heterocycles. The summed E-state index contributed by atoms with van der Waals surface area (Å²) in [5, 5.41) is 11.6. The second-order valence-electron chi connectivity index (χ2n) is 8.92. The lowest BCUT2D eigenvalue weighted by Crippen LogP contribution is -2.67. The molecule has 0 saturated carbocycles. The Balaban J connectivity index is 1.64. The zero-order chi connectivity index (χ0) is 26.6. The minimum atomic E-state index is -1.20. The zero-order valence-corrected chi connectivity index (χ0v) is 20.6. The molecule has 1 fully saturated rings. The van der Waals surface area contributed by atoms with Gasteiger partial charge in [0.2, 0.25) is 0 Å². The summed E-state index contributed by atoms with van der Waals surface area (Å²) >= 11 is 0. The van der Waals surface area contributed by atoms with Crippen molar-refractivity contribution in [1.29, 1.82) is 0 Å². The van der Waals surface area contributed by atoms with Crippen LogP contribution < -0.4 is 14.4 Å². The lowest BCUT2D eigenvalue weighted by molar-refractivity contribution is -0.385. The fourth-order valence-corrected chi connectivity index (χ4v) is 4.95. The predicted octanol–water partition coefficient (Wildman–Crippen LogP) is 3.98. The quantitative estimate of drug-likeness (QED) is 0.217. The number of nitro groups is 1. The smallest absolute Gasteiger partial charge is 0.282 e. The summed E-state index contributed by atoms with van der Waals surface area (Å²) in [7, 11) is 2.98. The lowest BCUT2D eigenvalue weighted by Gasteiger charge is -2.50. The van der Waals surface area contributed by atoms with Gasteiger partial charge in [0, 0.05) is 11.8 Å². The fourth-order valence-electron chi connectivity index (χ4n) is 4.95. The SMILES string of the molecule is COc1ccc(C2C(N3C(=O)c4cccc([N+](=O)[O-])c4C3=O)C(=O)N2c2ccc(C)c(C)c2)cc1OC. The molecule has 2 unspecified atom stereocenters. The van der Waals surface area contributed by atoms with E-state index in [1.54, 1.807) is 24.3 Å². The van der Waals surface area contributed by atoms with Gasteiger partial charge in [0.05, 0.1) is 30.7 Å². The van der Waals surface area contributed by atoms with E-state index in [-0.39, 0.29) is 11.1 Å². The number of carbonyl (C=O) groups excluding carboxylic acids is 3. The van der Waals surface area contributed by atoms with Gasteiger partial charge in [-0.1, -0.05) is 18.2 Å². The molecule has 2 atom stereocenters. The van der Waals surface area contributed by atoms with E-state index in [1.807, 2.05) is 26.0 Å². The highest BCUT2D eigenvalue weighted by Gasteiger charge is 2.58. The third-order valence-electron chi connectivity index (χ3n) is 6.98. The van der Waals surface area contributed by atoms with Crippen LogP contribution in [-0.4, -0.2) is 47.8 Å². The Hall–Kier alpha value is -4.73. The Morgan fingerprint density at radius 1 is 0.811 bits per heavy atom. The molecule has 0 bridgehead atoms. The highest BCUT2D eigenvalue weighted by molar-refractivity contribution is 6.26. The van der Waals surface area contributed by atoms with E-state index in [2.05, 4.69) is 0 Å². The number of imide groups is 1. The molecule has 3 amide bonds. The minimum Gasteiger partial charge on any atom is -0.493 e. The second kappa shape index (κ2) is 8.74. The van der Waals surface area contributed by atoms with Gasteiger partial charge >= 0.3 is 0 Å². The monoisotopic (exact) mass is 501 g/mol. The van der Waals surface area contributed by atoms with Gasteiger partial charge in [0.15, 0.2) is 11.5 Å². The second-order valence-corrected chi connectivity index (χ2v) is 8.92. The van der Waals surface area contributed by atoms with E-state index in [1.165, 1.54) is 37.3 Å². The number of hydrogen-bond donors (Lipinski definition) is 0. The van der Waals surface area contributed by atoms with Crippen LogP contribution in [0.1, 0.15) is 43.4 Å². The molecular formula is C27H23N3O7. The van der Waals surface area contributed by atoms with Crippen molar-refractivity contribution in [3.63, 3.8) is 0 Å². The van der Waals surface area contributed by atoms with Crippen molar-refractivity contribution in [3.8, 4) is 11.5 Å². The van der Waals surface area contributed by atoms with Crippen LogP contribution in [0.15, 0.2) is 54.6 Å². The molecule has 2 aliphatic rings. The van der Waals surface area contributed by atoms with E-state index < -0.39 is 40.4 Å². The van der Waals surface area contributed by atoms with E-state index in [9.17, 15) is 24.5 Å². The summed E-state index contributed by atoms with van der Waals surface area (Å²) in [5.74, 6) is -1.19. The van der Waals surface area contributed by atoms with Crippen molar-refractivity contribution in [1.82, 2.24) is 4.90 Å². The molecule has 0 radical (unpaired) electrons. The number of nitro benzene ring substituents is 1. The molecular weight excluding hydrogens is 478 g/mol. The number of hydrogen-bond acceptors (Lipinski definition) is 7. The Kier molecular flexibility index (Phi) is 5.66. The first-order valence-electron chi connectivity index (χ1n) is 11.5. The Morgan fingerprint density at radius 3 is 2.19 bits per heavy atom. The predicted molar refractivity (Wildman–Crippen MR) is 133 cm³/mol. The van der Waals surface area contributed by atoms with E-state index in [4.69, 9.17) is 9.47 Å². The summed E-state index contributed by atoms with van der Waals surface area (Å²) in [4.78, 5) is 53.7. The van der Waals surface area contributed by atoms with Gasteiger partial charge in [-0.3, -0.25) is 29.4 Å². The van der Waals surface area contributed by atoms with Crippen LogP contribution in [0.5, 0.6) is 11.5 Å². The topological polar surface area (TPSA) is 119 Å². The van der Waals surface area contributed by atoms with Gasteiger partial charge < -0.3 is 14.4 Å².